The van der Waals surface area contributed by atoms with Crippen LogP contribution in [0.5, 0.6) is 0 Å². The van der Waals surface area contributed by atoms with Crippen LogP contribution in [-0.2, 0) is 18.0 Å². The predicted molar refractivity (Wildman–Crippen MR) is 85.9 cm³/mol. The van der Waals surface area contributed by atoms with Crippen LogP contribution in [0, 0.1) is 5.41 Å². The fourth-order valence-electron chi connectivity index (χ4n) is 3.83. The average Bonchev–Trinajstić information content (AvgIpc) is 3.05. The van der Waals surface area contributed by atoms with Crippen molar-refractivity contribution in [3.05, 3.63) is 34.9 Å². The molecule has 1 fully saturated rings. The first kappa shape index (κ1) is 16.4. The van der Waals surface area contributed by atoms with Crippen molar-refractivity contribution in [2.45, 2.75) is 45.5 Å². The number of aliphatic hydroxyl groups excluding tert-OH is 2. The van der Waals surface area contributed by atoms with E-state index in [1.54, 1.807) is 4.90 Å². The molecule has 5 heteroatoms. The highest BCUT2D eigenvalue weighted by Crippen LogP contribution is 2.36. The van der Waals surface area contributed by atoms with E-state index in [9.17, 15) is 15.0 Å². The molecule has 0 radical (unpaired) electrons. The molecule has 1 amide bonds. The highest BCUT2D eigenvalue weighted by Gasteiger charge is 2.42. The summed E-state index contributed by atoms with van der Waals surface area (Å²) in [6.07, 6.45) is 1.64. The van der Waals surface area contributed by atoms with Gasteiger partial charge in [0.2, 0.25) is 0 Å². The molecule has 1 saturated heterocycles. The molecular weight excluding hydrogens is 294 g/mol. The Hall–Kier alpha value is -1.43. The summed E-state index contributed by atoms with van der Waals surface area (Å²) in [6, 6.07) is 5.71. The van der Waals surface area contributed by atoms with E-state index < -0.39 is 11.5 Å². The molecule has 1 aromatic carbocycles. The van der Waals surface area contributed by atoms with E-state index in [0.29, 0.717) is 31.7 Å². The fourth-order valence-corrected chi connectivity index (χ4v) is 3.83. The normalized spacial score (nSPS) is 27.1. The van der Waals surface area contributed by atoms with Crippen LogP contribution in [0.2, 0.25) is 0 Å². The summed E-state index contributed by atoms with van der Waals surface area (Å²) >= 11 is 0. The van der Waals surface area contributed by atoms with Crippen molar-refractivity contribution in [3.63, 3.8) is 0 Å². The predicted octanol–water partition coefficient (Wildman–Crippen LogP) is 1.70. The van der Waals surface area contributed by atoms with Crippen molar-refractivity contribution in [1.29, 1.82) is 0 Å². The summed E-state index contributed by atoms with van der Waals surface area (Å²) in [7, 11) is 0. The molecule has 23 heavy (non-hydrogen) atoms. The third kappa shape index (κ3) is 2.89. The summed E-state index contributed by atoms with van der Waals surface area (Å²) in [5.74, 6) is -0.0468. The molecule has 2 atom stereocenters. The number of hydrogen-bond donors (Lipinski definition) is 2. The second-order valence-electron chi connectivity index (χ2n) is 6.72. The van der Waals surface area contributed by atoms with Crippen LogP contribution in [0.4, 0.5) is 0 Å². The van der Waals surface area contributed by atoms with Gasteiger partial charge >= 0.3 is 0 Å². The minimum atomic E-state index is -0.682. The molecule has 0 unspecified atom stereocenters. The monoisotopic (exact) mass is 319 g/mol. The Morgan fingerprint density at radius 1 is 1.43 bits per heavy atom. The molecule has 2 aliphatic heterocycles. The molecule has 0 saturated carbocycles. The van der Waals surface area contributed by atoms with Crippen LogP contribution in [0.3, 0.4) is 0 Å². The van der Waals surface area contributed by atoms with Crippen molar-refractivity contribution in [2.24, 2.45) is 5.41 Å². The number of ether oxygens (including phenoxy) is 1. The summed E-state index contributed by atoms with van der Waals surface area (Å²) < 4.78 is 5.44. The summed E-state index contributed by atoms with van der Waals surface area (Å²) in [5.41, 5.74) is 2.26. The average molecular weight is 319 g/mol. The minimum absolute atomic E-state index is 0.0292. The molecular formula is C18H25NO4. The maximum atomic E-state index is 12.9. The number of fused-ring (bicyclic) bond motifs is 1. The molecule has 2 heterocycles. The van der Waals surface area contributed by atoms with Gasteiger partial charge < -0.3 is 19.8 Å². The van der Waals surface area contributed by atoms with Crippen LogP contribution in [0.15, 0.2) is 18.2 Å². The first-order valence-electron chi connectivity index (χ1n) is 8.38. The van der Waals surface area contributed by atoms with Crippen LogP contribution >= 0.6 is 0 Å². The van der Waals surface area contributed by atoms with Crippen LogP contribution < -0.4 is 0 Å². The highest BCUT2D eigenvalue weighted by molar-refractivity contribution is 5.96. The number of carbonyl (C=O) groups is 1. The number of amides is 1. The first-order chi connectivity index (χ1) is 11.1. The maximum Gasteiger partial charge on any atom is 0.254 e. The van der Waals surface area contributed by atoms with Gasteiger partial charge in [-0.05, 0) is 30.0 Å². The summed E-state index contributed by atoms with van der Waals surface area (Å²) in [4.78, 5) is 14.6. The Labute approximate surface area is 136 Å². The van der Waals surface area contributed by atoms with E-state index in [0.717, 1.165) is 24.0 Å². The molecule has 5 nitrogen and oxygen atoms in total. The van der Waals surface area contributed by atoms with Gasteiger partial charge in [0.25, 0.3) is 5.91 Å². The van der Waals surface area contributed by atoms with Crippen LogP contribution in [0.25, 0.3) is 0 Å². The van der Waals surface area contributed by atoms with Crippen molar-refractivity contribution >= 4 is 5.91 Å². The lowest BCUT2D eigenvalue weighted by atomic mass is 9.73. The van der Waals surface area contributed by atoms with Crippen molar-refractivity contribution in [3.8, 4) is 0 Å². The molecule has 0 aromatic heterocycles. The number of benzene rings is 1. The van der Waals surface area contributed by atoms with E-state index >= 15 is 0 Å². The van der Waals surface area contributed by atoms with Crippen molar-refractivity contribution in [1.82, 2.24) is 4.90 Å². The van der Waals surface area contributed by atoms with Gasteiger partial charge in [-0.25, -0.2) is 0 Å². The van der Waals surface area contributed by atoms with Gasteiger partial charge in [-0.15, -0.1) is 0 Å². The number of aliphatic hydroxyl groups is 2. The lowest BCUT2D eigenvalue weighted by Crippen LogP contribution is -2.54. The second kappa shape index (κ2) is 6.59. The summed E-state index contributed by atoms with van der Waals surface area (Å²) in [5, 5.41) is 20.3. The zero-order chi connectivity index (χ0) is 16.4. The molecule has 0 aliphatic carbocycles. The molecule has 2 aliphatic rings. The SMILES string of the molecule is CCC[C@]1(CO)CCN(C(=O)c2cccc3c2COC3)C[C@@H]1O. The Bertz CT molecular complexity index is 588. The molecule has 0 spiro atoms. The number of β-amino-alcohol motifs (C(OH)–C–C–N with tert-alkyl or cyclic N) is 1. The van der Waals surface area contributed by atoms with Gasteiger partial charge in [-0.2, -0.15) is 0 Å². The van der Waals surface area contributed by atoms with Gasteiger partial charge in [0.15, 0.2) is 0 Å². The maximum absolute atomic E-state index is 12.9. The molecule has 126 valence electrons. The van der Waals surface area contributed by atoms with E-state index in [4.69, 9.17) is 4.74 Å². The molecule has 3 rings (SSSR count). The van der Waals surface area contributed by atoms with E-state index in [1.807, 2.05) is 18.2 Å². The molecule has 2 N–H and O–H groups in total. The summed E-state index contributed by atoms with van der Waals surface area (Å²) in [6.45, 7) is 3.91. The standard InChI is InChI=1S/C18H25NO4/c1-2-6-18(12-20)7-8-19(9-16(18)21)17(22)14-5-3-4-13-10-23-11-15(13)14/h3-5,16,20-21H,2,6-12H2,1H3/t16-,18+/m0/s1. The molecule has 1 aromatic rings. The van der Waals surface area contributed by atoms with Gasteiger partial charge in [-0.3, -0.25) is 4.79 Å². The highest BCUT2D eigenvalue weighted by atomic mass is 16.5. The number of carbonyl (C=O) groups excluding carboxylic acids is 1. The minimum Gasteiger partial charge on any atom is -0.396 e. The second-order valence-corrected chi connectivity index (χ2v) is 6.72. The van der Waals surface area contributed by atoms with Gasteiger partial charge in [0, 0.05) is 24.1 Å². The Morgan fingerprint density at radius 3 is 2.96 bits per heavy atom. The third-order valence-electron chi connectivity index (χ3n) is 5.34. The number of likely N-dealkylation sites (tertiary alicyclic amines) is 1. The number of nitrogens with zero attached hydrogens (tertiary/aromatic N) is 1. The van der Waals surface area contributed by atoms with Gasteiger partial charge in [-0.1, -0.05) is 25.5 Å². The lowest BCUT2D eigenvalue weighted by Gasteiger charge is -2.44. The van der Waals surface area contributed by atoms with Gasteiger partial charge in [0.05, 0.1) is 25.9 Å². The van der Waals surface area contributed by atoms with Crippen LogP contribution in [0.1, 0.15) is 47.7 Å². The van der Waals surface area contributed by atoms with E-state index in [-0.39, 0.29) is 19.1 Å². The zero-order valence-corrected chi connectivity index (χ0v) is 13.6. The zero-order valence-electron chi connectivity index (χ0n) is 13.6. The number of hydrogen-bond acceptors (Lipinski definition) is 4. The largest absolute Gasteiger partial charge is 0.396 e. The van der Waals surface area contributed by atoms with Crippen LogP contribution in [-0.4, -0.2) is 46.8 Å². The topological polar surface area (TPSA) is 70.0 Å². The fraction of sp³-hybridized carbons (Fsp3) is 0.611. The van der Waals surface area contributed by atoms with E-state index in [1.165, 1.54) is 0 Å². The van der Waals surface area contributed by atoms with Crippen molar-refractivity contribution < 1.29 is 19.7 Å². The van der Waals surface area contributed by atoms with Gasteiger partial charge in [0.1, 0.15) is 0 Å². The third-order valence-corrected chi connectivity index (χ3v) is 5.34. The lowest BCUT2D eigenvalue weighted by molar-refractivity contribution is -0.0713. The Kier molecular flexibility index (Phi) is 4.71. The van der Waals surface area contributed by atoms with Crippen molar-refractivity contribution in [2.75, 3.05) is 19.7 Å². The number of piperidine rings is 1. The van der Waals surface area contributed by atoms with E-state index in [2.05, 4.69) is 6.92 Å². The number of rotatable bonds is 4. The molecule has 0 bridgehead atoms. The smallest absolute Gasteiger partial charge is 0.254 e. The Balaban J connectivity index is 1.77. The first-order valence-corrected chi connectivity index (χ1v) is 8.38. The quantitative estimate of drug-likeness (QED) is 0.886. The Morgan fingerprint density at radius 2 is 2.26 bits per heavy atom.